The monoisotopic (exact) mass is 412 g/mol. The molecule has 0 spiro atoms. The van der Waals surface area contributed by atoms with Crippen molar-refractivity contribution in [1.82, 2.24) is 4.90 Å². The van der Waals surface area contributed by atoms with Gasteiger partial charge in [-0.1, -0.05) is 54.6 Å². The van der Waals surface area contributed by atoms with E-state index in [9.17, 15) is 4.79 Å². The molecule has 3 aromatic rings. The molecule has 1 amide bonds. The Hall–Kier alpha value is -2.95. The van der Waals surface area contributed by atoms with Crippen LogP contribution >= 0.6 is 0 Å². The van der Waals surface area contributed by atoms with E-state index in [0.29, 0.717) is 12.2 Å². The van der Waals surface area contributed by atoms with Gasteiger partial charge < -0.3 is 10.5 Å². The average Bonchev–Trinajstić information content (AvgIpc) is 2.82. The number of primary amides is 1. The van der Waals surface area contributed by atoms with Gasteiger partial charge in [-0.15, -0.1) is 0 Å². The summed E-state index contributed by atoms with van der Waals surface area (Å²) in [7, 11) is 0. The molecular formula is C27H28N2O2. The Morgan fingerprint density at radius 3 is 2.77 bits per heavy atom. The summed E-state index contributed by atoms with van der Waals surface area (Å²) in [6.07, 6.45) is 5.35. The van der Waals surface area contributed by atoms with Crippen LogP contribution in [0.2, 0.25) is 0 Å². The van der Waals surface area contributed by atoms with Gasteiger partial charge in [-0.25, -0.2) is 0 Å². The Morgan fingerprint density at radius 1 is 1.06 bits per heavy atom. The molecule has 2 aliphatic rings. The summed E-state index contributed by atoms with van der Waals surface area (Å²) in [5.74, 6) is -0.368. The molecule has 5 rings (SSSR count). The van der Waals surface area contributed by atoms with Crippen LogP contribution in [0.4, 0.5) is 0 Å². The first-order chi connectivity index (χ1) is 15.2. The molecule has 4 heteroatoms. The highest BCUT2D eigenvalue weighted by Gasteiger charge is 2.23. The molecule has 0 saturated carbocycles. The van der Waals surface area contributed by atoms with Gasteiger partial charge in [-0.3, -0.25) is 9.69 Å². The third kappa shape index (κ3) is 4.14. The number of carbonyl (C=O) groups excluding carboxylic acids is 1. The molecule has 0 aromatic heterocycles. The molecule has 0 radical (unpaired) electrons. The van der Waals surface area contributed by atoms with Gasteiger partial charge >= 0.3 is 0 Å². The molecule has 0 fully saturated rings. The van der Waals surface area contributed by atoms with Gasteiger partial charge in [0, 0.05) is 25.2 Å². The van der Waals surface area contributed by atoms with Crippen LogP contribution in [0.25, 0.3) is 16.3 Å². The number of amides is 1. The first kappa shape index (κ1) is 20.0. The number of nitrogens with two attached hydrogens (primary N) is 1. The topological polar surface area (TPSA) is 55.6 Å². The molecule has 4 nitrogen and oxygen atoms in total. The minimum atomic E-state index is -0.368. The number of benzene rings is 3. The zero-order valence-electron chi connectivity index (χ0n) is 17.7. The largest absolute Gasteiger partial charge is 0.373 e. The van der Waals surface area contributed by atoms with Crippen LogP contribution in [0.5, 0.6) is 0 Å². The van der Waals surface area contributed by atoms with Gasteiger partial charge in [0.2, 0.25) is 5.91 Å². The second-order valence-electron chi connectivity index (χ2n) is 8.48. The Kier molecular flexibility index (Phi) is 5.58. The van der Waals surface area contributed by atoms with Crippen molar-refractivity contribution in [1.29, 1.82) is 0 Å². The van der Waals surface area contributed by atoms with E-state index in [1.807, 2.05) is 18.2 Å². The van der Waals surface area contributed by atoms with Crippen LogP contribution in [0.15, 0.2) is 66.7 Å². The zero-order chi connectivity index (χ0) is 21.2. The van der Waals surface area contributed by atoms with E-state index in [0.717, 1.165) is 38.9 Å². The summed E-state index contributed by atoms with van der Waals surface area (Å²) in [5, 5.41) is 2.64. The number of hydrogen-bond donors (Lipinski definition) is 1. The second-order valence-corrected chi connectivity index (χ2v) is 8.48. The van der Waals surface area contributed by atoms with Crippen LogP contribution < -0.4 is 5.73 Å². The number of fused-ring (bicyclic) bond motifs is 2. The van der Waals surface area contributed by atoms with Crippen LogP contribution in [0.1, 0.15) is 46.0 Å². The Bertz CT molecular complexity index is 1150. The Balaban J connectivity index is 1.25. The molecule has 0 bridgehead atoms. The molecule has 1 atom stereocenters. The van der Waals surface area contributed by atoms with Crippen molar-refractivity contribution in [3.05, 3.63) is 89.0 Å². The summed E-state index contributed by atoms with van der Waals surface area (Å²) in [5.41, 5.74) is 11.2. The molecule has 31 heavy (non-hydrogen) atoms. The molecule has 2 heterocycles. The molecule has 3 aromatic carbocycles. The first-order valence-electron chi connectivity index (χ1n) is 11.1. The third-order valence-electron chi connectivity index (χ3n) is 6.60. The normalized spacial score (nSPS) is 19.1. The third-order valence-corrected chi connectivity index (χ3v) is 6.60. The quantitative estimate of drug-likeness (QED) is 0.659. The summed E-state index contributed by atoms with van der Waals surface area (Å²) < 4.78 is 6.08. The fourth-order valence-electron chi connectivity index (χ4n) is 4.89. The van der Waals surface area contributed by atoms with Crippen LogP contribution in [-0.2, 0) is 11.2 Å². The predicted molar refractivity (Wildman–Crippen MR) is 125 cm³/mol. The highest BCUT2D eigenvalue weighted by Crippen LogP contribution is 2.32. The van der Waals surface area contributed by atoms with Crippen molar-refractivity contribution in [2.24, 2.45) is 5.73 Å². The molecule has 0 saturated heterocycles. The van der Waals surface area contributed by atoms with Crippen molar-refractivity contribution < 1.29 is 9.53 Å². The minimum absolute atomic E-state index is 0.0918. The maximum Gasteiger partial charge on any atom is 0.248 e. The fraction of sp³-hybridized carbons (Fsp3) is 0.296. The van der Waals surface area contributed by atoms with Gasteiger partial charge in [0.1, 0.15) is 0 Å². The average molecular weight is 413 g/mol. The maximum atomic E-state index is 11.5. The highest BCUT2D eigenvalue weighted by molar-refractivity contribution is 5.94. The number of carbonyl (C=O) groups is 1. The summed E-state index contributed by atoms with van der Waals surface area (Å²) >= 11 is 0. The standard InChI is InChI=1S/C27H28N2O2/c28-27(30)22-8-9-25-21(18-22)13-17-31-26(25)12-16-29-14-10-20(11-15-29)24-7-3-5-19-4-1-2-6-23(19)24/h1-10,18,26H,11-17H2,(H2,28,30). The van der Waals surface area contributed by atoms with E-state index in [1.165, 1.54) is 33.0 Å². The lowest BCUT2D eigenvalue weighted by atomic mass is 9.92. The fourth-order valence-corrected chi connectivity index (χ4v) is 4.89. The zero-order valence-corrected chi connectivity index (χ0v) is 17.7. The number of ether oxygens (including phenoxy) is 1. The van der Waals surface area contributed by atoms with E-state index >= 15 is 0 Å². The Labute approximate surface area is 183 Å². The van der Waals surface area contributed by atoms with Crippen molar-refractivity contribution in [3.63, 3.8) is 0 Å². The van der Waals surface area contributed by atoms with Gasteiger partial charge in [0.05, 0.1) is 12.7 Å². The highest BCUT2D eigenvalue weighted by atomic mass is 16.5. The van der Waals surface area contributed by atoms with Crippen LogP contribution in [-0.4, -0.2) is 37.0 Å². The SMILES string of the molecule is NC(=O)c1ccc2c(c1)CCOC2CCN1CC=C(c2cccc3ccccc23)CC1. The Morgan fingerprint density at radius 2 is 1.94 bits per heavy atom. The molecule has 2 aliphatic heterocycles. The second kappa shape index (κ2) is 8.66. The molecule has 0 aliphatic carbocycles. The predicted octanol–water partition coefficient (Wildman–Crippen LogP) is 4.73. The lowest BCUT2D eigenvalue weighted by molar-refractivity contribution is 0.0299. The molecule has 158 valence electrons. The van der Waals surface area contributed by atoms with Crippen LogP contribution in [0, 0.1) is 0 Å². The van der Waals surface area contributed by atoms with E-state index in [-0.39, 0.29) is 12.0 Å². The lowest BCUT2D eigenvalue weighted by Gasteiger charge is -2.31. The molecule has 1 unspecified atom stereocenters. The molecule has 2 N–H and O–H groups in total. The molecular weight excluding hydrogens is 384 g/mol. The van der Waals surface area contributed by atoms with E-state index in [1.54, 1.807) is 0 Å². The van der Waals surface area contributed by atoms with Gasteiger partial charge in [-0.05, 0) is 64.4 Å². The van der Waals surface area contributed by atoms with E-state index in [2.05, 4.69) is 53.4 Å². The van der Waals surface area contributed by atoms with Gasteiger partial charge in [-0.2, -0.15) is 0 Å². The first-order valence-corrected chi connectivity index (χ1v) is 11.1. The van der Waals surface area contributed by atoms with E-state index in [4.69, 9.17) is 10.5 Å². The van der Waals surface area contributed by atoms with Crippen molar-refractivity contribution in [2.45, 2.75) is 25.4 Å². The summed E-state index contributed by atoms with van der Waals surface area (Å²) in [6.45, 7) is 3.74. The lowest BCUT2D eigenvalue weighted by Crippen LogP contribution is -2.31. The van der Waals surface area contributed by atoms with Gasteiger partial charge in [0.25, 0.3) is 0 Å². The number of hydrogen-bond acceptors (Lipinski definition) is 3. The van der Waals surface area contributed by atoms with Crippen molar-refractivity contribution in [2.75, 3.05) is 26.2 Å². The maximum absolute atomic E-state index is 11.5. The smallest absolute Gasteiger partial charge is 0.248 e. The summed E-state index contributed by atoms with van der Waals surface area (Å²) in [4.78, 5) is 14.0. The van der Waals surface area contributed by atoms with Crippen LogP contribution in [0.3, 0.4) is 0 Å². The summed E-state index contributed by atoms with van der Waals surface area (Å²) in [6, 6.07) is 21.0. The van der Waals surface area contributed by atoms with Crippen molar-refractivity contribution >= 4 is 22.3 Å². The minimum Gasteiger partial charge on any atom is -0.373 e. The number of rotatable bonds is 5. The van der Waals surface area contributed by atoms with Gasteiger partial charge in [0.15, 0.2) is 0 Å². The number of nitrogens with zero attached hydrogens (tertiary/aromatic N) is 1. The van der Waals surface area contributed by atoms with Crippen molar-refractivity contribution in [3.8, 4) is 0 Å². The van der Waals surface area contributed by atoms with E-state index < -0.39 is 0 Å².